The third-order valence-corrected chi connectivity index (χ3v) is 27.8. The van der Waals surface area contributed by atoms with E-state index >= 15 is 0 Å². The first-order valence-corrected chi connectivity index (χ1v) is 49.6. The number of carbonyl (C=O) groups excluding carboxylic acids is 5. The number of halogens is 2. The molecular weight excluding hydrogens is 1800 g/mol. The van der Waals surface area contributed by atoms with Gasteiger partial charge in [-0.05, 0) is 267 Å². The number of Topliss-reactive ketones (excluding diaryl/α,β-unsaturated/α-hetero) is 3. The van der Waals surface area contributed by atoms with E-state index in [2.05, 4.69) is 58.9 Å². The molecule has 129 heavy (non-hydrogen) atoms. The second-order valence-corrected chi connectivity index (χ2v) is 41.3. The second-order valence-electron chi connectivity index (χ2n) is 34.2. The van der Waals surface area contributed by atoms with Crippen LogP contribution in [-0.2, 0) is 164 Å². The molecule has 2 amide bonds. The number of primary sulfonamides is 2. The number of aryl methyl sites for hydroxylation is 11. The van der Waals surface area contributed by atoms with Crippen LogP contribution in [0.2, 0.25) is 0 Å². The fraction of sp³-hybridized carbons (Fsp3) is 0.516. The zero-order chi connectivity index (χ0) is 89.3. The van der Waals surface area contributed by atoms with Gasteiger partial charge in [-0.1, -0.05) is 59.7 Å². The summed E-state index contributed by atoms with van der Waals surface area (Å²) < 4.78 is 119. The number of anilines is 2. The predicted octanol–water partition coefficient (Wildman–Crippen LogP) is 7.54. The van der Waals surface area contributed by atoms with Crippen molar-refractivity contribution in [2.24, 2.45) is 15.3 Å². The number of aliphatic imine (C=N–C) groups is 1. The molecule has 0 radical (unpaired) electrons. The van der Waals surface area contributed by atoms with E-state index in [-0.39, 0.29) is 122 Å². The Morgan fingerprint density at radius 2 is 0.845 bits per heavy atom. The van der Waals surface area contributed by atoms with Crippen molar-refractivity contribution in [3.8, 4) is 0 Å². The van der Waals surface area contributed by atoms with Gasteiger partial charge in [0.05, 0.1) is 39.8 Å². The minimum Gasteiger partial charge on any atom is -1.00 e. The second kappa shape index (κ2) is 48.0. The molecule has 0 saturated carbocycles. The van der Waals surface area contributed by atoms with E-state index in [4.69, 9.17) is 48.8 Å². The Labute approximate surface area is 806 Å². The number of nitrogens with two attached hydrogens (primary N) is 3. The van der Waals surface area contributed by atoms with Crippen LogP contribution >= 0.6 is 10.7 Å². The Hall–Kier alpha value is -6.65. The van der Waals surface area contributed by atoms with E-state index in [9.17, 15) is 73.0 Å². The molecule has 0 saturated heterocycles. The van der Waals surface area contributed by atoms with E-state index in [0.29, 0.717) is 122 Å². The molecule has 2 atom stereocenters. The largest absolute Gasteiger partial charge is 2.00 e. The summed E-state index contributed by atoms with van der Waals surface area (Å²) in [5.41, 5.74) is 25.0. The van der Waals surface area contributed by atoms with Crippen LogP contribution in [0.15, 0.2) is 102 Å². The number of rotatable bonds is 10. The quantitative estimate of drug-likeness (QED) is 0.0164. The molecule has 5 aromatic heterocycles. The van der Waals surface area contributed by atoms with Crippen molar-refractivity contribution in [2.75, 3.05) is 30.7 Å². The first kappa shape index (κ1) is 113. The van der Waals surface area contributed by atoms with Crippen molar-refractivity contribution in [1.29, 1.82) is 0 Å². The normalized spacial score (nSPS) is 18.1. The fourth-order valence-corrected chi connectivity index (χ4v) is 20.5. The number of benzene rings is 3. The van der Waals surface area contributed by atoms with E-state index in [1.54, 1.807) is 53.0 Å². The van der Waals surface area contributed by atoms with Gasteiger partial charge in [-0.15, -0.1) is 5.60 Å². The van der Waals surface area contributed by atoms with Gasteiger partial charge in [0.1, 0.15) is 28.8 Å². The molecule has 3 aromatic carbocycles. The Morgan fingerprint density at radius 1 is 0.519 bits per heavy atom. The molecule has 0 bridgehead atoms. The SMILES string of the molecule is CC(C)(C)[O-].CC1(O)CCCc2oc(S(=O)(=O)NC(=O)Nc3c4c(cc5c3CCC5)CCC4)cc21.CC1(O)CCCc2oc(S(N)(=O)=O)cc21.CCN(CC)CC.N.NS(=O)(=O)c1cc2c(o1)CCCC2=O.Nc1c2c(cc3c1CCC3)CCC2.O.O=C1CCCc2oc(S(=O)(=O)Cl)cc21.O=C1CCCc2occc21.O=C=Nc1c2c(cc3c1CCC3)CCC2.[CH3-].[Cl-].[Mg+2].[Na+]. The number of nitrogens with one attached hydrogen (secondary N) is 2. The number of ketones is 3. The average molecular weight is 1930 g/mol. The summed E-state index contributed by atoms with van der Waals surface area (Å²) >= 11 is 0. The van der Waals surface area contributed by atoms with E-state index in [1.807, 2.05) is 0 Å². The number of hydrogen-bond donors (Lipinski definition) is 8. The smallest absolute Gasteiger partial charge is 1.00 e. The molecule has 15 N–H and O–H groups in total. The maximum absolute atomic E-state index is 12.8. The number of furan rings is 5. The van der Waals surface area contributed by atoms with Gasteiger partial charge in [-0.25, -0.2) is 49.8 Å². The van der Waals surface area contributed by atoms with Crippen molar-refractivity contribution in [1.82, 2.24) is 15.8 Å². The van der Waals surface area contributed by atoms with Crippen molar-refractivity contribution in [2.45, 2.75) is 304 Å². The maximum Gasteiger partial charge on any atom is 2.00 e. The van der Waals surface area contributed by atoms with Gasteiger partial charge >= 0.3 is 58.6 Å². The summed E-state index contributed by atoms with van der Waals surface area (Å²) in [6.07, 6.45) is 33.5. The molecule has 11 aliphatic carbocycles. The van der Waals surface area contributed by atoms with Gasteiger partial charge in [0.15, 0.2) is 17.3 Å². The fourth-order valence-electron chi connectivity index (χ4n) is 17.9. The first-order chi connectivity index (χ1) is 58.0. The number of fused-ring (bicyclic) bond motifs is 11. The Kier molecular flexibility index (Phi) is 42.0. The summed E-state index contributed by atoms with van der Waals surface area (Å²) in [5.74, 6) is 2.80. The zero-order valence-electron chi connectivity index (χ0n) is 75.7. The molecule has 38 heteroatoms. The molecule has 11 aliphatic rings. The van der Waals surface area contributed by atoms with Crippen molar-refractivity contribution < 1.29 is 142 Å². The molecule has 8 aromatic rings. The molecule has 700 valence electrons. The molecule has 30 nitrogen and oxygen atoms in total. The minimum atomic E-state index is -4.19. The summed E-state index contributed by atoms with van der Waals surface area (Å²) in [4.78, 5) is 63.2. The molecule has 0 fully saturated rings. The van der Waals surface area contributed by atoms with Gasteiger partial charge in [-0.3, -0.25) is 14.4 Å². The van der Waals surface area contributed by atoms with E-state index in [1.165, 1.54) is 151 Å². The third kappa shape index (κ3) is 28.7. The molecule has 2 unspecified atom stereocenters. The molecule has 5 heterocycles. The molecule has 19 rings (SSSR count). The summed E-state index contributed by atoms with van der Waals surface area (Å²) in [6, 6.07) is 13.1. The van der Waals surface area contributed by atoms with Crippen molar-refractivity contribution >= 4 is 119 Å². The Balaban J connectivity index is 0.000000265. The van der Waals surface area contributed by atoms with Crippen LogP contribution in [0.3, 0.4) is 0 Å². The summed E-state index contributed by atoms with van der Waals surface area (Å²) in [6.45, 7) is 18.3. The number of carbonyl (C=O) groups is 4. The van der Waals surface area contributed by atoms with Gasteiger partial charge in [-0.2, -0.15) is 13.4 Å². The standard InChI is InChI=1S/C22H26N2O5S.C13H13NO.C12H15N.C9H13NO4S.C8H7ClO4S.C8H9NO4S.C8H8O2.C6H15N.C4H9O.CH3.ClH.Mg.H3N.Na.H2O/c1-22(26)10-4-9-18-17(22)12-19(29-18)30(27,28)24-21(25)23-20-15-7-2-5-13(15)11-14-6-3-8-16(14)20;15-8-14-13-11-5-1-3-9(11)7-10-4-2-6-12(10)13;13-12-10-5-1-3-8(10)7-9-4-2-6-11(9)12;1-9(11)4-2-3-7-6(9)5-8(14-7)15(10,12)13;2*9-14(11,12)8-4-5-6(10)2-1-3-7(5)13-8;9-7-2-1-3-8-6(7)4-5-10-8;1-4-7(5-2)6-3;1-4(2,3)5;;;;;;/h11-12,26H,2-10H2,1H3,(H2,23,24,25);7H,1-6H2;7H,1-6,13H2;5,11H,2-4H2,1H3,(H2,10,12,13);4H,1-3H2;4H,1-3H2,(H2,9,11,12);4-5H,1-3H2;4-6H2,1-3H3;1-3H3;1H3;1H;;1H3;;1H2/q;;;;;;;;2*-1;;+2;;+1;/p-1. The van der Waals surface area contributed by atoms with E-state index < -0.39 is 62.0 Å². The van der Waals surface area contributed by atoms with Crippen LogP contribution in [0.1, 0.15) is 296 Å². The molecule has 0 aliphatic heterocycles. The van der Waals surface area contributed by atoms with Crippen LogP contribution in [0, 0.1) is 7.43 Å². The first-order valence-electron chi connectivity index (χ1n) is 42.7. The Bertz CT molecular complexity index is 5620. The monoisotopic (exact) mass is 1920 g/mol. The summed E-state index contributed by atoms with van der Waals surface area (Å²) in [5, 5.41) is 42.0. The number of aliphatic hydroxyl groups is 2. The zero-order valence-corrected chi connectivity index (χ0v) is 83.9. The molecular formula is C91H123Cl2MgN8NaO22S4. The Morgan fingerprint density at radius 3 is 1.22 bits per heavy atom. The van der Waals surface area contributed by atoms with Crippen LogP contribution in [0.5, 0.6) is 0 Å². The predicted molar refractivity (Wildman–Crippen MR) is 483 cm³/mol. The number of sulfonamides is 3. The summed E-state index contributed by atoms with van der Waals surface area (Å²) in [7, 11) is -10.6. The van der Waals surface area contributed by atoms with Crippen LogP contribution in [0.25, 0.3) is 0 Å². The van der Waals surface area contributed by atoms with Crippen LogP contribution < -0.4 is 79.3 Å². The van der Waals surface area contributed by atoms with Crippen LogP contribution in [-0.4, -0.2) is 132 Å². The topological polar surface area (TPSA) is 535 Å². The number of nitrogens with zero attached hydrogens (tertiary/aromatic N) is 2. The number of isocyanates is 1. The average Bonchev–Trinajstić information content (AvgIpc) is 2.15. The maximum atomic E-state index is 12.8. The van der Waals surface area contributed by atoms with E-state index in [0.717, 1.165) is 123 Å². The number of nitrogen functional groups attached to an aromatic ring is 1. The molecule has 0 spiro atoms. The van der Waals surface area contributed by atoms with Gasteiger partial charge in [0.25, 0.3) is 39.1 Å². The van der Waals surface area contributed by atoms with Gasteiger partial charge in [0, 0.05) is 109 Å². The number of amides is 2. The number of hydrogen-bond acceptors (Lipinski definition) is 25. The number of urea groups is 1. The third-order valence-electron chi connectivity index (χ3n) is 24.0. The minimum absolute atomic E-state index is 0. The van der Waals surface area contributed by atoms with Crippen LogP contribution in [0.4, 0.5) is 21.9 Å². The van der Waals surface area contributed by atoms with Gasteiger partial charge in [0.2, 0.25) is 26.4 Å². The van der Waals surface area contributed by atoms with Crippen molar-refractivity contribution in [3.05, 3.63) is 186 Å². The van der Waals surface area contributed by atoms with Crippen molar-refractivity contribution in [3.63, 3.8) is 0 Å². The van der Waals surface area contributed by atoms with Gasteiger partial charge < -0.3 is 84.8 Å².